The molecule has 3 aromatic rings. The van der Waals surface area contributed by atoms with Gasteiger partial charge in [0.1, 0.15) is 0 Å². The van der Waals surface area contributed by atoms with Crippen LogP contribution in [0.4, 0.5) is 0 Å². The van der Waals surface area contributed by atoms with Gasteiger partial charge >= 0.3 is 0 Å². The maximum atomic E-state index is 12.2. The van der Waals surface area contributed by atoms with Crippen molar-refractivity contribution in [2.45, 2.75) is 46.2 Å². The minimum Gasteiger partial charge on any atom is -0.357 e. The Morgan fingerprint density at radius 3 is 2.35 bits per heavy atom. The molecular formula is C26H35IN6O. The van der Waals surface area contributed by atoms with Gasteiger partial charge in [0.2, 0.25) is 0 Å². The minimum absolute atomic E-state index is 0. The number of carbonyl (C=O) groups excluding carboxylic acids is 1. The lowest BCUT2D eigenvalue weighted by Crippen LogP contribution is -2.38. The zero-order valence-electron chi connectivity index (χ0n) is 20.1. The monoisotopic (exact) mass is 574 g/mol. The molecule has 0 bridgehead atoms. The fraction of sp³-hybridized carbons (Fsp3) is 0.346. The number of nitrogens with zero attached hydrogens (tertiary/aromatic N) is 3. The average Bonchev–Trinajstić information content (AvgIpc) is 3.38. The molecule has 1 aromatic heterocycles. The van der Waals surface area contributed by atoms with Crippen LogP contribution in [0.2, 0.25) is 0 Å². The second kappa shape index (κ2) is 14.4. The lowest BCUT2D eigenvalue weighted by Gasteiger charge is -2.12. The predicted octanol–water partition coefficient (Wildman–Crippen LogP) is 4.32. The third-order valence-electron chi connectivity index (χ3n) is 5.38. The van der Waals surface area contributed by atoms with Gasteiger partial charge in [-0.3, -0.25) is 4.79 Å². The number of amides is 1. The number of carbonyl (C=O) groups is 1. The third kappa shape index (κ3) is 8.48. The summed E-state index contributed by atoms with van der Waals surface area (Å²) in [6, 6.07) is 18.1. The highest BCUT2D eigenvalue weighted by Gasteiger charge is 2.08. The summed E-state index contributed by atoms with van der Waals surface area (Å²) in [5, 5.41) is 13.9. The molecule has 1 heterocycles. The average molecular weight is 575 g/mol. The summed E-state index contributed by atoms with van der Waals surface area (Å²) in [7, 11) is 0. The van der Waals surface area contributed by atoms with Gasteiger partial charge in [-0.05, 0) is 68.1 Å². The molecule has 0 fully saturated rings. The number of guanidine groups is 1. The predicted molar refractivity (Wildman–Crippen MR) is 149 cm³/mol. The van der Waals surface area contributed by atoms with Gasteiger partial charge in [-0.15, -0.1) is 24.0 Å². The second-order valence-electron chi connectivity index (χ2n) is 7.97. The largest absolute Gasteiger partial charge is 0.357 e. The Bertz CT molecular complexity index is 1020. The van der Waals surface area contributed by atoms with Crippen molar-refractivity contribution in [3.05, 3.63) is 83.7 Å². The Morgan fingerprint density at radius 1 is 1.03 bits per heavy atom. The fourth-order valence-electron chi connectivity index (χ4n) is 3.24. The number of benzene rings is 2. The van der Waals surface area contributed by atoms with Crippen molar-refractivity contribution in [1.29, 1.82) is 0 Å². The smallest absolute Gasteiger partial charge is 0.251 e. The van der Waals surface area contributed by atoms with Crippen LogP contribution in [0, 0.1) is 0 Å². The maximum Gasteiger partial charge on any atom is 0.251 e. The summed E-state index contributed by atoms with van der Waals surface area (Å²) in [6.45, 7) is 8.23. The van der Waals surface area contributed by atoms with Crippen LogP contribution in [0.25, 0.3) is 5.69 Å². The van der Waals surface area contributed by atoms with Crippen molar-refractivity contribution in [3.8, 4) is 5.69 Å². The summed E-state index contributed by atoms with van der Waals surface area (Å²) in [4.78, 5) is 16.9. The molecule has 0 aliphatic carbocycles. The highest BCUT2D eigenvalue weighted by Crippen LogP contribution is 2.09. The number of aromatic nitrogens is 2. The molecule has 7 nitrogen and oxygen atoms in total. The summed E-state index contributed by atoms with van der Waals surface area (Å²) < 4.78 is 1.85. The first-order valence-electron chi connectivity index (χ1n) is 11.6. The molecule has 0 spiro atoms. The van der Waals surface area contributed by atoms with E-state index < -0.39 is 0 Å². The molecule has 0 radical (unpaired) electrons. The van der Waals surface area contributed by atoms with Gasteiger partial charge in [0.05, 0.1) is 12.2 Å². The highest BCUT2D eigenvalue weighted by molar-refractivity contribution is 14.0. The molecular weight excluding hydrogens is 539 g/mol. The first-order valence-corrected chi connectivity index (χ1v) is 11.6. The van der Waals surface area contributed by atoms with E-state index in [9.17, 15) is 4.79 Å². The Kier molecular flexibility index (Phi) is 11.6. The second-order valence-corrected chi connectivity index (χ2v) is 7.97. The van der Waals surface area contributed by atoms with Crippen LogP contribution in [0.1, 0.15) is 48.7 Å². The van der Waals surface area contributed by atoms with Crippen LogP contribution in [-0.4, -0.2) is 40.8 Å². The van der Waals surface area contributed by atoms with E-state index in [1.54, 1.807) is 6.20 Å². The van der Waals surface area contributed by atoms with E-state index in [1.807, 2.05) is 48.1 Å². The maximum absolute atomic E-state index is 12.2. The first-order chi connectivity index (χ1) is 16.1. The number of hydrogen-bond acceptors (Lipinski definition) is 3. The summed E-state index contributed by atoms with van der Waals surface area (Å²) in [6.07, 6.45) is 5.52. The van der Waals surface area contributed by atoms with Gasteiger partial charge in [-0.25, -0.2) is 9.67 Å². The molecule has 0 saturated heterocycles. The zero-order chi connectivity index (χ0) is 23.5. The molecule has 0 aliphatic heterocycles. The van der Waals surface area contributed by atoms with Gasteiger partial charge < -0.3 is 16.0 Å². The lowest BCUT2D eigenvalue weighted by molar-refractivity contribution is 0.0939. The van der Waals surface area contributed by atoms with Gasteiger partial charge in [0.15, 0.2) is 5.96 Å². The number of rotatable bonds is 10. The van der Waals surface area contributed by atoms with Crippen LogP contribution in [0.5, 0.6) is 0 Å². The van der Waals surface area contributed by atoms with Crippen molar-refractivity contribution in [2.24, 2.45) is 4.99 Å². The summed E-state index contributed by atoms with van der Waals surface area (Å²) in [5.74, 6) is 0.747. The molecule has 3 N–H and O–H groups in total. The summed E-state index contributed by atoms with van der Waals surface area (Å²) in [5.41, 5.74) is 4.03. The molecule has 1 amide bonds. The van der Waals surface area contributed by atoms with Crippen LogP contribution in [0.3, 0.4) is 0 Å². The molecule has 1 unspecified atom stereocenters. The lowest BCUT2D eigenvalue weighted by atomic mass is 10.1. The zero-order valence-corrected chi connectivity index (χ0v) is 22.5. The number of nitrogens with one attached hydrogen (secondary N) is 3. The van der Waals surface area contributed by atoms with Crippen molar-refractivity contribution < 1.29 is 4.79 Å². The Balaban J connectivity index is 0.00000408. The van der Waals surface area contributed by atoms with Gasteiger partial charge in [-0.1, -0.05) is 31.2 Å². The molecule has 3 rings (SSSR count). The topological polar surface area (TPSA) is 83.3 Å². The van der Waals surface area contributed by atoms with Crippen LogP contribution in [0.15, 0.2) is 72.0 Å². The van der Waals surface area contributed by atoms with Crippen molar-refractivity contribution in [3.63, 3.8) is 0 Å². The quantitative estimate of drug-likeness (QED) is 0.192. The molecule has 2 aromatic carbocycles. The van der Waals surface area contributed by atoms with Crippen molar-refractivity contribution >= 4 is 35.8 Å². The first kappa shape index (κ1) is 27.4. The molecule has 1 atom stereocenters. The molecule has 34 heavy (non-hydrogen) atoms. The fourth-order valence-corrected chi connectivity index (χ4v) is 3.24. The third-order valence-corrected chi connectivity index (χ3v) is 5.38. The van der Waals surface area contributed by atoms with Gasteiger partial charge in [0, 0.05) is 37.1 Å². The number of hydrogen-bond donors (Lipinski definition) is 3. The van der Waals surface area contributed by atoms with Gasteiger partial charge in [0.25, 0.3) is 5.91 Å². The number of aliphatic imine (C=N–C) groups is 1. The van der Waals surface area contributed by atoms with Crippen LogP contribution >= 0.6 is 24.0 Å². The Hall–Kier alpha value is -2.88. The van der Waals surface area contributed by atoms with E-state index in [4.69, 9.17) is 0 Å². The summed E-state index contributed by atoms with van der Waals surface area (Å²) >= 11 is 0. The standard InChI is InChI=1S/C26H34N6O.HI/c1-4-20(3)31-25(33)23-11-7-22(8-12-23)19-29-26(27-5-2)28-17-15-21-9-13-24(14-10-21)32-18-6-16-30-32;/h6-14,16,18,20H,4-5,15,17,19H2,1-3H3,(H,31,33)(H2,27,28,29);1H. The Morgan fingerprint density at radius 2 is 1.74 bits per heavy atom. The minimum atomic E-state index is -0.0351. The SMILES string of the molecule is CCNC(=NCc1ccc(C(=O)NC(C)CC)cc1)NCCc1ccc(-n2cccn2)cc1.I. The molecule has 0 saturated carbocycles. The van der Waals surface area contributed by atoms with E-state index in [0.29, 0.717) is 12.1 Å². The van der Waals surface area contributed by atoms with E-state index in [0.717, 1.165) is 43.1 Å². The van der Waals surface area contributed by atoms with E-state index in [1.165, 1.54) is 5.56 Å². The van der Waals surface area contributed by atoms with Crippen LogP contribution in [-0.2, 0) is 13.0 Å². The molecule has 182 valence electrons. The van der Waals surface area contributed by atoms with E-state index in [2.05, 4.69) is 64.2 Å². The normalized spacial score (nSPS) is 11.9. The van der Waals surface area contributed by atoms with Crippen molar-refractivity contribution in [2.75, 3.05) is 13.1 Å². The number of halogens is 1. The van der Waals surface area contributed by atoms with Crippen LogP contribution < -0.4 is 16.0 Å². The van der Waals surface area contributed by atoms with E-state index >= 15 is 0 Å². The molecule has 0 aliphatic rings. The van der Waals surface area contributed by atoms with E-state index in [-0.39, 0.29) is 35.9 Å². The Labute approximate surface area is 219 Å². The molecule has 8 heteroatoms. The van der Waals surface area contributed by atoms with Gasteiger partial charge in [-0.2, -0.15) is 5.10 Å². The van der Waals surface area contributed by atoms with Crippen molar-refractivity contribution in [1.82, 2.24) is 25.7 Å². The highest BCUT2D eigenvalue weighted by atomic mass is 127.